The van der Waals surface area contributed by atoms with Gasteiger partial charge < -0.3 is 25.4 Å². The average molecular weight is 775 g/mol. The molecule has 1 aliphatic rings. The van der Waals surface area contributed by atoms with Gasteiger partial charge in [0.15, 0.2) is 21.6 Å². The number of nitrogens with zero attached hydrogens (tertiary/aromatic N) is 7. The van der Waals surface area contributed by atoms with Crippen LogP contribution in [-0.4, -0.2) is 80.0 Å². The van der Waals surface area contributed by atoms with Gasteiger partial charge >= 0.3 is 5.97 Å². The highest BCUT2D eigenvalue weighted by atomic mass is 32.1. The van der Waals surface area contributed by atoms with Crippen LogP contribution in [0.25, 0.3) is 26.9 Å². The van der Waals surface area contributed by atoms with Crippen molar-refractivity contribution in [2.24, 2.45) is 0 Å². The highest BCUT2D eigenvalue weighted by Crippen LogP contribution is 2.34. The first-order valence-electron chi connectivity index (χ1n) is 18.0. The minimum absolute atomic E-state index is 0.0589. The van der Waals surface area contributed by atoms with Gasteiger partial charge in [0.2, 0.25) is 0 Å². The molecule has 14 nitrogen and oxygen atoms in total. The van der Waals surface area contributed by atoms with Crippen LogP contribution in [0.1, 0.15) is 49.7 Å². The fraction of sp³-hybridized carbons (Fsp3) is 0.256. The molecule has 4 aromatic heterocycles. The van der Waals surface area contributed by atoms with Crippen LogP contribution in [0, 0.1) is 0 Å². The Bertz CT molecular complexity index is 2450. The van der Waals surface area contributed by atoms with Crippen LogP contribution in [0.2, 0.25) is 0 Å². The predicted molar refractivity (Wildman–Crippen MR) is 215 cm³/mol. The third-order valence-electron chi connectivity index (χ3n) is 9.35. The predicted octanol–water partition coefficient (Wildman–Crippen LogP) is 6.43. The highest BCUT2D eigenvalue weighted by molar-refractivity contribution is 7.22. The van der Waals surface area contributed by atoms with E-state index in [-0.39, 0.29) is 11.6 Å². The van der Waals surface area contributed by atoms with Crippen LogP contribution in [0.3, 0.4) is 0 Å². The minimum Gasteiger partial charge on any atom is -0.494 e. The number of nitrogens with one attached hydrogen (secondary N) is 3. The Morgan fingerprint density at radius 3 is 2.67 bits per heavy atom. The second kappa shape index (κ2) is 16.2. The molecule has 7 aromatic rings. The summed E-state index contributed by atoms with van der Waals surface area (Å²) in [6.45, 7) is 3.21. The summed E-state index contributed by atoms with van der Waals surface area (Å²) in [5, 5.41) is 26.1. The van der Waals surface area contributed by atoms with Gasteiger partial charge in [-0.1, -0.05) is 35.6 Å². The number of carbonyl (C=O) groups excluding carboxylic acids is 1. The van der Waals surface area contributed by atoms with E-state index in [0.717, 1.165) is 57.7 Å². The summed E-state index contributed by atoms with van der Waals surface area (Å²) in [7, 11) is 1.93. The number of hydrogen-bond donors (Lipinski definition) is 4. The Hall–Kier alpha value is -5.97. The maximum Gasteiger partial charge on any atom is 0.355 e. The van der Waals surface area contributed by atoms with E-state index in [2.05, 4.69) is 45.9 Å². The Labute approximate surface area is 324 Å². The smallest absolute Gasteiger partial charge is 0.355 e. The van der Waals surface area contributed by atoms with Crippen molar-refractivity contribution in [1.29, 1.82) is 0 Å². The molecule has 1 aliphatic heterocycles. The molecule has 16 heteroatoms. The molecule has 1 amide bonds. The number of aryl methyl sites for hydroxylation is 1. The van der Waals surface area contributed by atoms with Crippen molar-refractivity contribution in [1.82, 2.24) is 35.0 Å². The Balaban J connectivity index is 0.889. The molecule has 0 spiro atoms. The first-order valence-corrected chi connectivity index (χ1v) is 19.6. The first kappa shape index (κ1) is 36.0. The molecule has 3 aromatic carbocycles. The van der Waals surface area contributed by atoms with E-state index in [4.69, 9.17) is 4.74 Å². The number of rotatable bonds is 15. The summed E-state index contributed by atoms with van der Waals surface area (Å²) in [6, 6.07) is 21.2. The second-order valence-electron chi connectivity index (χ2n) is 13.0. The molecule has 8 rings (SSSR count). The molecule has 4 N–H and O–H groups in total. The van der Waals surface area contributed by atoms with Crippen molar-refractivity contribution in [3.8, 4) is 11.4 Å². The topological polar surface area (TPSA) is 172 Å². The minimum atomic E-state index is -1.06. The Kier molecular flexibility index (Phi) is 10.6. The number of anilines is 3. The van der Waals surface area contributed by atoms with Crippen molar-refractivity contribution in [3.63, 3.8) is 0 Å². The maximum atomic E-state index is 13.5. The highest BCUT2D eigenvalue weighted by Gasteiger charge is 2.27. The molecule has 0 unspecified atom stereocenters. The van der Waals surface area contributed by atoms with Crippen molar-refractivity contribution in [3.05, 3.63) is 107 Å². The van der Waals surface area contributed by atoms with Crippen molar-refractivity contribution in [2.45, 2.75) is 32.2 Å². The van der Waals surface area contributed by atoms with E-state index in [0.29, 0.717) is 71.1 Å². The van der Waals surface area contributed by atoms with Crippen LogP contribution in [0.5, 0.6) is 5.75 Å². The lowest BCUT2D eigenvalue weighted by Gasteiger charge is -2.29. The van der Waals surface area contributed by atoms with Gasteiger partial charge in [-0.05, 0) is 92.9 Å². The number of benzene rings is 3. The summed E-state index contributed by atoms with van der Waals surface area (Å²) in [6.07, 6.45) is 6.09. The largest absolute Gasteiger partial charge is 0.494 e. The fourth-order valence-corrected chi connectivity index (χ4v) is 8.59. The second-order valence-corrected chi connectivity index (χ2v) is 15.1. The zero-order chi connectivity index (χ0) is 37.7. The number of aromatic nitrogens is 6. The van der Waals surface area contributed by atoms with Crippen molar-refractivity contribution < 1.29 is 19.4 Å². The van der Waals surface area contributed by atoms with Gasteiger partial charge in [-0.3, -0.25) is 10.1 Å². The number of amides is 1. The van der Waals surface area contributed by atoms with Crippen LogP contribution < -0.4 is 25.6 Å². The standard InChI is InChI=1S/C39H38N10O4S2/c1-40-17-6-18-41-34-28-21-44-49(35(28)43-23-42-34)25-12-14-26(15-13-25)53-20-5-11-32-33(37(51)52)46-39(55-32)48-19-16-24-7-4-8-27(29(24)22-48)36(50)47-38-45-30-9-2-3-10-31(30)54-38/h2-4,7-10,12-15,21,23,40H,5-6,11,16-20,22H2,1H3,(H,51,52)(H,41,42,43)(H,45,47,50). The molecular weight excluding hydrogens is 737 g/mol. The molecule has 280 valence electrons. The summed E-state index contributed by atoms with van der Waals surface area (Å²) in [5.74, 6) is 0.166. The fourth-order valence-electron chi connectivity index (χ4n) is 6.61. The van der Waals surface area contributed by atoms with Gasteiger partial charge in [-0.2, -0.15) is 5.10 Å². The number of aromatic carboxylic acids is 1. The number of ether oxygens (including phenoxy) is 1. The first-order chi connectivity index (χ1) is 26.9. The molecule has 0 fully saturated rings. The quantitative estimate of drug-likeness (QED) is 0.0843. The van der Waals surface area contributed by atoms with Crippen molar-refractivity contribution in [2.75, 3.05) is 48.8 Å². The molecule has 55 heavy (non-hydrogen) atoms. The van der Waals surface area contributed by atoms with E-state index in [9.17, 15) is 14.7 Å². The van der Waals surface area contributed by atoms with Gasteiger partial charge in [0.25, 0.3) is 5.91 Å². The summed E-state index contributed by atoms with van der Waals surface area (Å²) in [4.78, 5) is 46.5. The molecule has 5 heterocycles. The van der Waals surface area contributed by atoms with E-state index >= 15 is 0 Å². The number of carbonyl (C=O) groups is 2. The SMILES string of the molecule is CNCCCNc1ncnc2c1cnn2-c1ccc(OCCCc2sc(N3CCc4cccc(C(=O)Nc5nc6ccccc6s5)c4C3)nc2C(=O)O)cc1. The number of fused-ring (bicyclic) bond motifs is 3. The third kappa shape index (κ3) is 7.83. The van der Waals surface area contributed by atoms with Gasteiger partial charge in [-0.15, -0.1) is 11.3 Å². The Morgan fingerprint density at radius 1 is 0.964 bits per heavy atom. The normalized spacial score (nSPS) is 12.6. The number of thiazole rings is 2. The number of carboxylic acid groups (broad SMARTS) is 1. The van der Waals surface area contributed by atoms with Crippen LogP contribution in [0.4, 0.5) is 16.1 Å². The molecule has 0 atom stereocenters. The van der Waals surface area contributed by atoms with Gasteiger partial charge in [0, 0.05) is 30.1 Å². The molecular formula is C39H38N10O4S2. The van der Waals surface area contributed by atoms with E-state index in [1.54, 1.807) is 10.9 Å². The monoisotopic (exact) mass is 774 g/mol. The zero-order valence-electron chi connectivity index (χ0n) is 30.0. The molecule has 0 saturated heterocycles. The lowest BCUT2D eigenvalue weighted by atomic mass is 9.94. The van der Waals surface area contributed by atoms with E-state index < -0.39 is 5.97 Å². The van der Waals surface area contributed by atoms with E-state index in [1.807, 2.05) is 73.8 Å². The molecule has 0 saturated carbocycles. The molecule has 0 bridgehead atoms. The lowest BCUT2D eigenvalue weighted by Crippen LogP contribution is -2.32. The van der Waals surface area contributed by atoms with Crippen LogP contribution in [0.15, 0.2) is 79.3 Å². The molecule has 0 aliphatic carbocycles. The number of para-hydroxylation sites is 1. The van der Waals surface area contributed by atoms with Gasteiger partial charge in [0.05, 0.1) is 34.1 Å². The van der Waals surface area contributed by atoms with Gasteiger partial charge in [-0.25, -0.2) is 29.4 Å². The lowest BCUT2D eigenvalue weighted by molar-refractivity contribution is 0.0690. The summed E-state index contributed by atoms with van der Waals surface area (Å²) in [5.41, 5.74) is 5.03. The summed E-state index contributed by atoms with van der Waals surface area (Å²) < 4.78 is 8.82. The number of hydrogen-bond acceptors (Lipinski definition) is 13. The van der Waals surface area contributed by atoms with Gasteiger partial charge in [0.1, 0.15) is 17.9 Å². The third-order valence-corrected chi connectivity index (χ3v) is 11.5. The zero-order valence-corrected chi connectivity index (χ0v) is 31.6. The summed E-state index contributed by atoms with van der Waals surface area (Å²) >= 11 is 2.82. The average Bonchev–Trinajstić information content (AvgIpc) is 3.95. The van der Waals surface area contributed by atoms with E-state index in [1.165, 1.54) is 29.0 Å². The van der Waals surface area contributed by atoms with Crippen LogP contribution in [-0.2, 0) is 19.4 Å². The maximum absolute atomic E-state index is 13.5. The van der Waals surface area contributed by atoms with Crippen LogP contribution >= 0.6 is 22.7 Å². The van der Waals surface area contributed by atoms with Crippen molar-refractivity contribution >= 4 is 71.9 Å². The molecule has 0 radical (unpaired) electrons. The number of carboxylic acids is 1. The Morgan fingerprint density at radius 2 is 1.84 bits per heavy atom.